The third-order valence-electron chi connectivity index (χ3n) is 3.45. The molecule has 1 heterocycles. The van der Waals surface area contributed by atoms with Crippen LogP contribution in [-0.2, 0) is 0 Å². The molecule has 0 bridgehead atoms. The SMILES string of the molecule is CC1CCN(C2CC2)C(C)(C)CN1. The maximum atomic E-state index is 3.61. The van der Waals surface area contributed by atoms with Gasteiger partial charge in [-0.15, -0.1) is 0 Å². The highest BCUT2D eigenvalue weighted by Crippen LogP contribution is 2.33. The van der Waals surface area contributed by atoms with E-state index in [1.807, 2.05) is 0 Å². The number of rotatable bonds is 1. The van der Waals surface area contributed by atoms with E-state index in [4.69, 9.17) is 0 Å². The quantitative estimate of drug-likeness (QED) is 0.663. The van der Waals surface area contributed by atoms with Crippen LogP contribution >= 0.6 is 0 Å². The maximum Gasteiger partial charge on any atom is 0.0280 e. The summed E-state index contributed by atoms with van der Waals surface area (Å²) in [6.07, 6.45) is 4.16. The lowest BCUT2D eigenvalue weighted by Crippen LogP contribution is -2.49. The predicted octanol–water partition coefficient (Wildman–Crippen LogP) is 1.61. The van der Waals surface area contributed by atoms with Crippen LogP contribution in [0.15, 0.2) is 0 Å². The third kappa shape index (κ3) is 2.05. The molecule has 0 radical (unpaired) electrons. The third-order valence-corrected chi connectivity index (χ3v) is 3.45. The average molecular weight is 182 g/mol. The first-order chi connectivity index (χ1) is 6.09. The molecule has 1 atom stereocenters. The van der Waals surface area contributed by atoms with Gasteiger partial charge in [-0.3, -0.25) is 4.90 Å². The Morgan fingerprint density at radius 3 is 2.54 bits per heavy atom. The van der Waals surface area contributed by atoms with Crippen molar-refractivity contribution in [2.45, 2.75) is 57.7 Å². The van der Waals surface area contributed by atoms with E-state index in [0.29, 0.717) is 11.6 Å². The van der Waals surface area contributed by atoms with Crippen LogP contribution < -0.4 is 5.32 Å². The second kappa shape index (κ2) is 3.25. The largest absolute Gasteiger partial charge is 0.312 e. The minimum absolute atomic E-state index is 0.367. The molecular formula is C11H22N2. The molecule has 1 saturated heterocycles. The van der Waals surface area contributed by atoms with Crippen molar-refractivity contribution < 1.29 is 0 Å². The van der Waals surface area contributed by atoms with Crippen molar-refractivity contribution in [3.8, 4) is 0 Å². The molecule has 1 aliphatic carbocycles. The number of hydrogen-bond acceptors (Lipinski definition) is 2. The van der Waals surface area contributed by atoms with Crippen molar-refractivity contribution in [1.29, 1.82) is 0 Å². The second-order valence-corrected chi connectivity index (χ2v) is 5.31. The van der Waals surface area contributed by atoms with Gasteiger partial charge in [0.1, 0.15) is 0 Å². The van der Waals surface area contributed by atoms with Gasteiger partial charge in [0.05, 0.1) is 0 Å². The monoisotopic (exact) mass is 182 g/mol. The fraction of sp³-hybridized carbons (Fsp3) is 1.00. The van der Waals surface area contributed by atoms with E-state index in [1.165, 1.54) is 25.8 Å². The second-order valence-electron chi connectivity index (χ2n) is 5.31. The minimum atomic E-state index is 0.367. The molecule has 0 aromatic carbocycles. The molecule has 0 aromatic heterocycles. The van der Waals surface area contributed by atoms with Crippen LogP contribution in [0.3, 0.4) is 0 Å². The van der Waals surface area contributed by atoms with Crippen LogP contribution in [0.5, 0.6) is 0 Å². The summed E-state index contributed by atoms with van der Waals surface area (Å²) >= 11 is 0. The Morgan fingerprint density at radius 2 is 1.92 bits per heavy atom. The number of nitrogens with zero attached hydrogens (tertiary/aromatic N) is 1. The highest BCUT2D eigenvalue weighted by atomic mass is 15.3. The Morgan fingerprint density at radius 1 is 1.23 bits per heavy atom. The summed E-state index contributed by atoms with van der Waals surface area (Å²) in [5.41, 5.74) is 0.367. The van der Waals surface area contributed by atoms with Crippen molar-refractivity contribution in [1.82, 2.24) is 10.2 Å². The molecule has 1 N–H and O–H groups in total. The molecule has 1 saturated carbocycles. The molecule has 76 valence electrons. The summed E-state index contributed by atoms with van der Waals surface area (Å²) in [5, 5.41) is 3.61. The van der Waals surface area contributed by atoms with E-state index in [9.17, 15) is 0 Å². The zero-order valence-electron chi connectivity index (χ0n) is 9.14. The van der Waals surface area contributed by atoms with Gasteiger partial charge in [-0.2, -0.15) is 0 Å². The first-order valence-electron chi connectivity index (χ1n) is 5.60. The van der Waals surface area contributed by atoms with E-state index in [1.54, 1.807) is 0 Å². The van der Waals surface area contributed by atoms with Crippen molar-refractivity contribution in [2.24, 2.45) is 0 Å². The van der Waals surface area contributed by atoms with Gasteiger partial charge in [0.2, 0.25) is 0 Å². The Labute approximate surface area is 81.7 Å². The Balaban J connectivity index is 2.04. The lowest BCUT2D eigenvalue weighted by atomic mass is 10.0. The predicted molar refractivity (Wildman–Crippen MR) is 55.9 cm³/mol. The van der Waals surface area contributed by atoms with Crippen LogP contribution in [0.25, 0.3) is 0 Å². The van der Waals surface area contributed by atoms with Gasteiger partial charge in [-0.05, 0) is 40.0 Å². The van der Waals surface area contributed by atoms with Gasteiger partial charge in [0.25, 0.3) is 0 Å². The average Bonchev–Trinajstić information content (AvgIpc) is 2.83. The van der Waals surface area contributed by atoms with Gasteiger partial charge >= 0.3 is 0 Å². The summed E-state index contributed by atoms with van der Waals surface area (Å²) in [7, 11) is 0. The molecule has 2 heteroatoms. The van der Waals surface area contributed by atoms with Gasteiger partial charge in [0, 0.05) is 30.7 Å². The van der Waals surface area contributed by atoms with E-state index >= 15 is 0 Å². The van der Waals surface area contributed by atoms with Crippen LogP contribution in [0.4, 0.5) is 0 Å². The first-order valence-corrected chi connectivity index (χ1v) is 5.60. The van der Waals surface area contributed by atoms with E-state index in [0.717, 1.165) is 12.6 Å². The van der Waals surface area contributed by atoms with Gasteiger partial charge in [-0.1, -0.05) is 0 Å². The van der Waals surface area contributed by atoms with Crippen LogP contribution in [0.2, 0.25) is 0 Å². The van der Waals surface area contributed by atoms with Crippen LogP contribution in [-0.4, -0.2) is 35.6 Å². The normalized spacial score (nSPS) is 35.8. The fourth-order valence-electron chi connectivity index (χ4n) is 2.33. The zero-order chi connectivity index (χ0) is 9.47. The molecule has 2 aliphatic rings. The molecule has 2 rings (SSSR count). The number of hydrogen-bond donors (Lipinski definition) is 1. The zero-order valence-corrected chi connectivity index (χ0v) is 9.14. The summed E-state index contributed by atoms with van der Waals surface area (Å²) in [6.45, 7) is 9.47. The molecule has 0 spiro atoms. The molecule has 1 aliphatic heterocycles. The molecule has 0 aromatic rings. The Kier molecular flexibility index (Phi) is 2.37. The van der Waals surface area contributed by atoms with Crippen molar-refractivity contribution >= 4 is 0 Å². The smallest absolute Gasteiger partial charge is 0.0280 e. The Bertz CT molecular complexity index is 185. The van der Waals surface area contributed by atoms with Crippen molar-refractivity contribution in [3.05, 3.63) is 0 Å². The minimum Gasteiger partial charge on any atom is -0.312 e. The highest BCUT2D eigenvalue weighted by Gasteiger charge is 2.39. The number of nitrogens with one attached hydrogen (secondary N) is 1. The Hall–Kier alpha value is -0.0800. The molecule has 1 unspecified atom stereocenters. The summed E-state index contributed by atoms with van der Waals surface area (Å²) in [5.74, 6) is 0. The highest BCUT2D eigenvalue weighted by molar-refractivity contribution is 4.97. The van der Waals surface area contributed by atoms with Crippen molar-refractivity contribution in [3.63, 3.8) is 0 Å². The van der Waals surface area contributed by atoms with Crippen molar-refractivity contribution in [2.75, 3.05) is 13.1 Å². The lowest BCUT2D eigenvalue weighted by molar-refractivity contribution is 0.124. The summed E-state index contributed by atoms with van der Waals surface area (Å²) in [6, 6.07) is 1.60. The first kappa shape index (κ1) is 9.47. The lowest BCUT2D eigenvalue weighted by Gasteiger charge is -2.37. The molecule has 0 amide bonds. The van der Waals surface area contributed by atoms with Crippen LogP contribution in [0.1, 0.15) is 40.0 Å². The molecule has 2 nitrogen and oxygen atoms in total. The van der Waals surface area contributed by atoms with E-state index in [2.05, 4.69) is 31.0 Å². The maximum absolute atomic E-state index is 3.61. The summed E-state index contributed by atoms with van der Waals surface area (Å²) in [4.78, 5) is 2.71. The van der Waals surface area contributed by atoms with Gasteiger partial charge < -0.3 is 5.32 Å². The molecular weight excluding hydrogens is 160 g/mol. The van der Waals surface area contributed by atoms with Gasteiger partial charge in [-0.25, -0.2) is 0 Å². The standard InChI is InChI=1S/C11H22N2/c1-9-6-7-13(10-4-5-10)11(2,3)8-12-9/h9-10,12H,4-8H2,1-3H3. The fourth-order valence-corrected chi connectivity index (χ4v) is 2.33. The molecule has 2 fully saturated rings. The summed E-state index contributed by atoms with van der Waals surface area (Å²) < 4.78 is 0. The van der Waals surface area contributed by atoms with Crippen LogP contribution in [0, 0.1) is 0 Å². The van der Waals surface area contributed by atoms with E-state index < -0.39 is 0 Å². The molecule has 13 heavy (non-hydrogen) atoms. The van der Waals surface area contributed by atoms with Gasteiger partial charge in [0.15, 0.2) is 0 Å². The van der Waals surface area contributed by atoms with E-state index in [-0.39, 0.29) is 0 Å². The topological polar surface area (TPSA) is 15.3 Å².